The third kappa shape index (κ3) is 5.71. The molecular weight excluding hydrogens is 467 g/mol. The number of esters is 2. The molecule has 8 heteroatoms. The van der Waals surface area contributed by atoms with Crippen molar-refractivity contribution in [3.05, 3.63) is 21.8 Å². The van der Waals surface area contributed by atoms with Gasteiger partial charge in [0.25, 0.3) is 0 Å². The number of methoxy groups -OCH3 is 1. The van der Waals surface area contributed by atoms with Gasteiger partial charge < -0.3 is 23.7 Å². The van der Waals surface area contributed by atoms with Crippen molar-refractivity contribution in [2.75, 3.05) is 13.7 Å². The molecule has 5 atom stereocenters. The van der Waals surface area contributed by atoms with Crippen LogP contribution in [0.5, 0.6) is 11.5 Å². The van der Waals surface area contributed by atoms with Crippen molar-refractivity contribution in [1.82, 2.24) is 0 Å². The summed E-state index contributed by atoms with van der Waals surface area (Å²) in [6, 6.07) is 5.49. The Labute approximate surface area is 172 Å². The predicted octanol–water partition coefficient (Wildman–Crippen LogP) is 3.17. The molecule has 0 saturated carbocycles. The minimum absolute atomic E-state index is 0.00725. The Morgan fingerprint density at radius 2 is 1.81 bits per heavy atom. The van der Waals surface area contributed by atoms with Gasteiger partial charge in [-0.3, -0.25) is 9.59 Å². The number of halogens is 1. The predicted molar refractivity (Wildman–Crippen MR) is 106 cm³/mol. The summed E-state index contributed by atoms with van der Waals surface area (Å²) in [7, 11) is 1.55. The smallest absolute Gasteiger partial charge is 0.303 e. The fraction of sp³-hybridized carbons (Fsp3) is 0.579. The number of carbonyl (C=O) groups is 2. The van der Waals surface area contributed by atoms with Gasteiger partial charge in [-0.05, 0) is 46.7 Å². The number of rotatable bonds is 6. The second kappa shape index (κ2) is 9.59. The maximum absolute atomic E-state index is 11.6. The average molecular weight is 492 g/mol. The molecule has 2 unspecified atom stereocenters. The molecule has 150 valence electrons. The van der Waals surface area contributed by atoms with Crippen LogP contribution in [0.2, 0.25) is 0 Å². The lowest BCUT2D eigenvalue weighted by Crippen LogP contribution is -2.54. The van der Waals surface area contributed by atoms with E-state index in [0.29, 0.717) is 11.5 Å². The van der Waals surface area contributed by atoms with Crippen LogP contribution >= 0.6 is 22.6 Å². The van der Waals surface area contributed by atoms with Gasteiger partial charge in [-0.1, -0.05) is 13.8 Å². The van der Waals surface area contributed by atoms with E-state index in [2.05, 4.69) is 22.6 Å². The molecule has 0 aliphatic carbocycles. The summed E-state index contributed by atoms with van der Waals surface area (Å²) in [4.78, 5) is 22.8. The van der Waals surface area contributed by atoms with Gasteiger partial charge in [0.2, 0.25) is 6.29 Å². The van der Waals surface area contributed by atoms with Crippen molar-refractivity contribution in [3.8, 4) is 11.5 Å². The van der Waals surface area contributed by atoms with Crippen LogP contribution in [0.25, 0.3) is 0 Å². The van der Waals surface area contributed by atoms with Gasteiger partial charge >= 0.3 is 11.9 Å². The fourth-order valence-electron chi connectivity index (χ4n) is 2.96. The largest absolute Gasteiger partial charge is 0.493 e. The Morgan fingerprint density at radius 3 is 2.41 bits per heavy atom. The summed E-state index contributed by atoms with van der Waals surface area (Å²) in [6.45, 7) is 6.74. The first kappa shape index (κ1) is 21.7. The Bertz CT molecular complexity index is 676. The van der Waals surface area contributed by atoms with Gasteiger partial charge in [-0.25, -0.2) is 0 Å². The molecule has 1 saturated heterocycles. The Balaban J connectivity index is 2.26. The molecule has 0 bridgehead atoms. The first-order valence-electron chi connectivity index (χ1n) is 8.69. The van der Waals surface area contributed by atoms with E-state index >= 15 is 0 Å². The minimum Gasteiger partial charge on any atom is -0.493 e. The molecule has 1 aromatic rings. The van der Waals surface area contributed by atoms with E-state index in [0.717, 1.165) is 3.57 Å². The van der Waals surface area contributed by atoms with Crippen LogP contribution in [0.1, 0.15) is 27.7 Å². The molecule has 27 heavy (non-hydrogen) atoms. The van der Waals surface area contributed by atoms with Gasteiger partial charge in [0.05, 0.1) is 13.2 Å². The normalized spacial score (nSPS) is 27.6. The molecule has 7 nitrogen and oxygen atoms in total. The molecule has 0 aromatic heterocycles. The summed E-state index contributed by atoms with van der Waals surface area (Å²) >= 11 is 2.18. The van der Waals surface area contributed by atoms with E-state index in [1.54, 1.807) is 13.2 Å². The molecule has 0 amide bonds. The fourth-order valence-corrected chi connectivity index (χ4v) is 3.43. The van der Waals surface area contributed by atoms with Gasteiger partial charge in [0, 0.05) is 23.3 Å². The first-order chi connectivity index (χ1) is 12.7. The monoisotopic (exact) mass is 492 g/mol. The van der Waals surface area contributed by atoms with E-state index in [9.17, 15) is 9.59 Å². The first-order valence-corrected chi connectivity index (χ1v) is 9.77. The molecule has 0 radical (unpaired) electrons. The van der Waals surface area contributed by atoms with Crippen LogP contribution < -0.4 is 9.47 Å². The van der Waals surface area contributed by atoms with Crippen LogP contribution in [0.3, 0.4) is 0 Å². The average Bonchev–Trinajstić information content (AvgIpc) is 2.60. The lowest BCUT2D eigenvalue weighted by atomic mass is 9.83. The zero-order valence-corrected chi connectivity index (χ0v) is 18.2. The third-order valence-electron chi connectivity index (χ3n) is 4.63. The van der Waals surface area contributed by atoms with Crippen molar-refractivity contribution in [2.24, 2.45) is 11.8 Å². The summed E-state index contributed by atoms with van der Waals surface area (Å²) in [5.74, 6) is 0.166. The van der Waals surface area contributed by atoms with Crippen molar-refractivity contribution < 1.29 is 33.3 Å². The molecule has 2 rings (SSSR count). The molecular formula is C19H25IO7. The van der Waals surface area contributed by atoms with Crippen LogP contribution in [0.15, 0.2) is 18.2 Å². The van der Waals surface area contributed by atoms with E-state index in [4.69, 9.17) is 23.7 Å². The lowest BCUT2D eigenvalue weighted by molar-refractivity contribution is -0.253. The van der Waals surface area contributed by atoms with Crippen LogP contribution in [0.4, 0.5) is 0 Å². The zero-order chi connectivity index (χ0) is 20.1. The molecule has 1 aliphatic heterocycles. The van der Waals surface area contributed by atoms with Crippen molar-refractivity contribution >= 4 is 34.5 Å². The van der Waals surface area contributed by atoms with Gasteiger partial charge in [0.1, 0.15) is 6.61 Å². The van der Waals surface area contributed by atoms with E-state index in [1.165, 1.54) is 13.8 Å². The van der Waals surface area contributed by atoms with E-state index in [-0.39, 0.29) is 30.5 Å². The standard InChI is InChI=1S/C19H25IO7/c1-10-11(2)18(25-13(4)22)19(27-17(10)9-24-12(3)21)26-15-7-6-14(20)8-16(15)23-5/h6-8,10-11,17-19H,9H2,1-5H3/t10-,11-,17?,18?,19-/m0/s1. The number of hydrogen-bond donors (Lipinski definition) is 0. The molecule has 1 aromatic carbocycles. The van der Waals surface area contributed by atoms with E-state index < -0.39 is 18.4 Å². The molecule has 1 aliphatic rings. The number of carbonyl (C=O) groups excluding carboxylic acids is 2. The van der Waals surface area contributed by atoms with Gasteiger partial charge in [0.15, 0.2) is 17.6 Å². The maximum atomic E-state index is 11.6. The van der Waals surface area contributed by atoms with Crippen molar-refractivity contribution in [3.63, 3.8) is 0 Å². The minimum atomic E-state index is -0.852. The second-order valence-corrected chi connectivity index (χ2v) is 7.80. The summed E-state index contributed by atoms with van der Waals surface area (Å²) < 4.78 is 29.0. The Morgan fingerprint density at radius 1 is 1.11 bits per heavy atom. The quantitative estimate of drug-likeness (QED) is 0.446. The molecule has 1 heterocycles. The zero-order valence-electron chi connectivity index (χ0n) is 16.1. The van der Waals surface area contributed by atoms with Gasteiger partial charge in [-0.15, -0.1) is 0 Å². The van der Waals surface area contributed by atoms with E-state index in [1.807, 2.05) is 26.0 Å². The van der Waals surface area contributed by atoms with Crippen molar-refractivity contribution in [1.29, 1.82) is 0 Å². The van der Waals surface area contributed by atoms with Crippen LogP contribution in [-0.4, -0.2) is 44.2 Å². The number of hydrogen-bond acceptors (Lipinski definition) is 7. The summed E-state index contributed by atoms with van der Waals surface area (Å²) in [6.07, 6.45) is -1.83. The topological polar surface area (TPSA) is 80.3 Å². The van der Waals surface area contributed by atoms with Crippen molar-refractivity contribution in [2.45, 2.75) is 46.2 Å². The highest BCUT2D eigenvalue weighted by molar-refractivity contribution is 14.1. The van der Waals surface area contributed by atoms with Crippen LogP contribution in [0, 0.1) is 15.4 Å². The highest BCUT2D eigenvalue weighted by atomic mass is 127. The number of benzene rings is 1. The summed E-state index contributed by atoms with van der Waals surface area (Å²) in [5, 5.41) is 0. The second-order valence-electron chi connectivity index (χ2n) is 6.55. The van der Waals surface area contributed by atoms with Gasteiger partial charge in [-0.2, -0.15) is 0 Å². The SMILES string of the molecule is COc1cc(I)ccc1O[C@H]1OC(COC(C)=O)[C@@H](C)[C@H](C)C1OC(C)=O. The number of ether oxygens (including phenoxy) is 5. The molecule has 0 N–H and O–H groups in total. The highest BCUT2D eigenvalue weighted by Crippen LogP contribution is 2.37. The highest BCUT2D eigenvalue weighted by Gasteiger charge is 2.45. The lowest BCUT2D eigenvalue weighted by Gasteiger charge is -2.43. The maximum Gasteiger partial charge on any atom is 0.303 e. The third-order valence-corrected chi connectivity index (χ3v) is 5.30. The molecule has 0 spiro atoms. The van der Waals surface area contributed by atoms with Crippen LogP contribution in [-0.2, 0) is 23.8 Å². The Kier molecular flexibility index (Phi) is 7.72. The Hall–Kier alpha value is -1.55. The summed E-state index contributed by atoms with van der Waals surface area (Å²) in [5.41, 5.74) is 0. The molecule has 1 fully saturated rings.